The van der Waals surface area contributed by atoms with Gasteiger partial charge < -0.3 is 14.8 Å². The third-order valence-corrected chi connectivity index (χ3v) is 4.50. The van der Waals surface area contributed by atoms with Gasteiger partial charge in [-0.2, -0.15) is 0 Å². The van der Waals surface area contributed by atoms with E-state index in [4.69, 9.17) is 9.47 Å². The summed E-state index contributed by atoms with van der Waals surface area (Å²) in [5.74, 6) is -1.68. The van der Waals surface area contributed by atoms with Crippen LogP contribution >= 0.6 is 0 Å². The highest BCUT2D eigenvalue weighted by Crippen LogP contribution is 2.23. The van der Waals surface area contributed by atoms with Crippen LogP contribution < -0.4 is 5.32 Å². The summed E-state index contributed by atoms with van der Waals surface area (Å²) in [6.45, 7) is 5.55. The molecule has 0 fully saturated rings. The maximum absolute atomic E-state index is 12.4. The molecular weight excluding hydrogens is 370 g/mol. The van der Waals surface area contributed by atoms with Gasteiger partial charge in [0.05, 0.1) is 0 Å². The molecular formula is C23H23NO5. The van der Waals surface area contributed by atoms with Crippen molar-refractivity contribution in [1.82, 2.24) is 0 Å². The molecule has 1 aliphatic heterocycles. The summed E-state index contributed by atoms with van der Waals surface area (Å²) in [6, 6.07) is 16.2. The maximum atomic E-state index is 12.4. The minimum Gasteiger partial charge on any atom is -0.470 e. The monoisotopic (exact) mass is 393 g/mol. The lowest BCUT2D eigenvalue weighted by molar-refractivity contribution is -0.139. The van der Waals surface area contributed by atoms with Crippen molar-refractivity contribution >= 4 is 23.2 Å². The molecule has 0 atom stereocenters. The van der Waals surface area contributed by atoms with Crippen molar-refractivity contribution in [3.05, 3.63) is 77.2 Å². The Balaban J connectivity index is 1.66. The molecule has 0 amide bonds. The first-order chi connectivity index (χ1) is 13.8. The van der Waals surface area contributed by atoms with E-state index in [1.807, 2.05) is 18.2 Å². The van der Waals surface area contributed by atoms with Crippen LogP contribution in [-0.4, -0.2) is 30.7 Å². The number of carbonyl (C=O) groups excluding carboxylic acids is 3. The summed E-state index contributed by atoms with van der Waals surface area (Å²) in [6.07, 6.45) is 0. The van der Waals surface area contributed by atoms with Crippen molar-refractivity contribution < 1.29 is 23.9 Å². The van der Waals surface area contributed by atoms with Crippen LogP contribution in [0.25, 0.3) is 0 Å². The van der Waals surface area contributed by atoms with Crippen molar-refractivity contribution in [2.75, 3.05) is 18.5 Å². The number of ether oxygens (including phenoxy) is 2. The molecule has 0 radical (unpaired) electrons. The molecule has 1 heterocycles. The lowest BCUT2D eigenvalue weighted by Crippen LogP contribution is -2.20. The van der Waals surface area contributed by atoms with E-state index in [1.165, 1.54) is 0 Å². The molecule has 29 heavy (non-hydrogen) atoms. The normalized spacial score (nSPS) is 13.8. The Morgan fingerprint density at radius 3 is 2.31 bits per heavy atom. The van der Waals surface area contributed by atoms with Crippen LogP contribution in [0.1, 0.15) is 36.7 Å². The number of hydrogen-bond acceptors (Lipinski definition) is 6. The number of carbonyl (C=O) groups is 3. The number of rotatable bonds is 6. The quantitative estimate of drug-likeness (QED) is 0.458. The fourth-order valence-electron chi connectivity index (χ4n) is 2.81. The van der Waals surface area contributed by atoms with E-state index in [0.29, 0.717) is 11.3 Å². The second-order valence-electron chi connectivity index (χ2n) is 7.73. The van der Waals surface area contributed by atoms with Crippen molar-refractivity contribution in [3.63, 3.8) is 0 Å². The fraction of sp³-hybridized carbons (Fsp3) is 0.261. The minimum absolute atomic E-state index is 0.0223. The standard InChI is InChI=1S/C23H23NO5/c1-23(2,3)16-11-9-15(10-12-16)18(25)13-29-22(27)20-19(26)14-28-21(20)24-17-7-5-4-6-8-17/h4-12,24H,13-14H2,1-3H3. The van der Waals surface area contributed by atoms with E-state index >= 15 is 0 Å². The Kier molecular flexibility index (Phi) is 5.82. The van der Waals surface area contributed by atoms with Gasteiger partial charge in [-0.3, -0.25) is 9.59 Å². The molecule has 0 aliphatic carbocycles. The van der Waals surface area contributed by atoms with Gasteiger partial charge in [-0.25, -0.2) is 4.79 Å². The molecule has 3 rings (SSSR count). The van der Waals surface area contributed by atoms with Gasteiger partial charge in [-0.05, 0) is 23.1 Å². The zero-order valence-corrected chi connectivity index (χ0v) is 16.7. The van der Waals surface area contributed by atoms with Gasteiger partial charge in [0, 0.05) is 11.3 Å². The molecule has 2 aromatic rings. The van der Waals surface area contributed by atoms with Gasteiger partial charge in [-0.1, -0.05) is 63.2 Å². The zero-order chi connectivity index (χ0) is 21.0. The maximum Gasteiger partial charge on any atom is 0.347 e. The van der Waals surface area contributed by atoms with Gasteiger partial charge >= 0.3 is 5.97 Å². The minimum atomic E-state index is -0.884. The van der Waals surface area contributed by atoms with Crippen LogP contribution in [0.2, 0.25) is 0 Å². The van der Waals surface area contributed by atoms with Crippen LogP contribution in [0.15, 0.2) is 66.1 Å². The van der Waals surface area contributed by atoms with E-state index < -0.39 is 18.4 Å². The Hall–Kier alpha value is -3.41. The second-order valence-corrected chi connectivity index (χ2v) is 7.73. The average molecular weight is 393 g/mol. The fourth-order valence-corrected chi connectivity index (χ4v) is 2.81. The molecule has 0 spiro atoms. The SMILES string of the molecule is CC(C)(C)c1ccc(C(=O)COC(=O)C2=C(Nc3ccccc3)OCC2=O)cc1. The Labute approximate surface area is 169 Å². The van der Waals surface area contributed by atoms with Crippen LogP contribution in [0, 0.1) is 0 Å². The summed E-state index contributed by atoms with van der Waals surface area (Å²) in [7, 11) is 0. The second kappa shape index (κ2) is 8.31. The average Bonchev–Trinajstić information content (AvgIpc) is 3.06. The Morgan fingerprint density at radius 1 is 1.03 bits per heavy atom. The largest absolute Gasteiger partial charge is 0.470 e. The molecule has 1 aliphatic rings. The third-order valence-electron chi connectivity index (χ3n) is 4.50. The summed E-state index contributed by atoms with van der Waals surface area (Å²) >= 11 is 0. The van der Waals surface area contributed by atoms with Crippen LogP contribution in [-0.2, 0) is 24.5 Å². The predicted octanol–water partition coefficient (Wildman–Crippen LogP) is 3.63. The molecule has 0 saturated carbocycles. The van der Waals surface area contributed by atoms with Gasteiger partial charge in [0.25, 0.3) is 0 Å². The molecule has 2 aromatic carbocycles. The molecule has 6 heteroatoms. The molecule has 150 valence electrons. The van der Waals surface area contributed by atoms with Gasteiger partial charge in [0.2, 0.25) is 11.7 Å². The number of para-hydroxylation sites is 1. The highest BCUT2D eigenvalue weighted by Gasteiger charge is 2.33. The van der Waals surface area contributed by atoms with Crippen molar-refractivity contribution in [2.24, 2.45) is 0 Å². The van der Waals surface area contributed by atoms with Crippen molar-refractivity contribution in [1.29, 1.82) is 0 Å². The summed E-state index contributed by atoms with van der Waals surface area (Å²) in [4.78, 5) is 36.8. The molecule has 0 aromatic heterocycles. The lowest BCUT2D eigenvalue weighted by Gasteiger charge is -2.18. The van der Waals surface area contributed by atoms with E-state index in [-0.39, 0.29) is 29.3 Å². The number of benzene rings is 2. The number of esters is 1. The lowest BCUT2D eigenvalue weighted by atomic mass is 9.86. The summed E-state index contributed by atoms with van der Waals surface area (Å²) in [5.41, 5.74) is 1.96. The van der Waals surface area contributed by atoms with E-state index in [1.54, 1.807) is 36.4 Å². The number of anilines is 1. The third kappa shape index (κ3) is 4.90. The predicted molar refractivity (Wildman–Crippen MR) is 108 cm³/mol. The number of nitrogens with one attached hydrogen (secondary N) is 1. The van der Waals surface area contributed by atoms with Gasteiger partial charge in [-0.15, -0.1) is 0 Å². The molecule has 0 saturated heterocycles. The first kappa shape index (κ1) is 20.3. The number of Topliss-reactive ketones (excluding diaryl/α,β-unsaturated/α-hetero) is 2. The summed E-state index contributed by atoms with van der Waals surface area (Å²) < 4.78 is 10.4. The van der Waals surface area contributed by atoms with Crippen LogP contribution in [0.3, 0.4) is 0 Å². The van der Waals surface area contributed by atoms with Crippen LogP contribution in [0.5, 0.6) is 0 Å². The topological polar surface area (TPSA) is 81.7 Å². The molecule has 0 bridgehead atoms. The smallest absolute Gasteiger partial charge is 0.347 e. The van der Waals surface area contributed by atoms with Crippen molar-refractivity contribution in [3.8, 4) is 0 Å². The Bertz CT molecular complexity index is 953. The summed E-state index contributed by atoms with van der Waals surface area (Å²) in [5, 5.41) is 2.89. The molecule has 0 unspecified atom stereocenters. The van der Waals surface area contributed by atoms with Gasteiger partial charge in [0.1, 0.15) is 0 Å². The highest BCUT2D eigenvalue weighted by molar-refractivity contribution is 6.20. The molecule has 1 N–H and O–H groups in total. The zero-order valence-electron chi connectivity index (χ0n) is 16.7. The van der Waals surface area contributed by atoms with Crippen LogP contribution in [0.4, 0.5) is 5.69 Å². The molecule has 6 nitrogen and oxygen atoms in total. The van der Waals surface area contributed by atoms with E-state index in [0.717, 1.165) is 5.56 Å². The number of ketones is 2. The number of hydrogen-bond donors (Lipinski definition) is 1. The van der Waals surface area contributed by atoms with Crippen molar-refractivity contribution in [2.45, 2.75) is 26.2 Å². The first-order valence-corrected chi connectivity index (χ1v) is 9.29. The van der Waals surface area contributed by atoms with E-state index in [2.05, 4.69) is 26.1 Å². The first-order valence-electron chi connectivity index (χ1n) is 9.29. The van der Waals surface area contributed by atoms with Gasteiger partial charge in [0.15, 0.2) is 24.6 Å². The van der Waals surface area contributed by atoms with E-state index in [9.17, 15) is 14.4 Å². The highest BCUT2D eigenvalue weighted by atomic mass is 16.5. The Morgan fingerprint density at radius 2 is 1.69 bits per heavy atom.